The van der Waals surface area contributed by atoms with Gasteiger partial charge in [-0.05, 0) is 75.1 Å². The zero-order valence-corrected chi connectivity index (χ0v) is 23.2. The molecule has 11 nitrogen and oxygen atoms in total. The number of rotatable bonds is 12. The molecule has 6 unspecified atom stereocenters. The van der Waals surface area contributed by atoms with Crippen molar-refractivity contribution in [2.45, 2.75) is 93.7 Å². The van der Waals surface area contributed by atoms with Crippen molar-refractivity contribution in [3.8, 4) is 0 Å². The molecule has 39 heavy (non-hydrogen) atoms. The first-order valence-electron chi connectivity index (χ1n) is 15.0. The van der Waals surface area contributed by atoms with Crippen LogP contribution < -0.4 is 32.3 Å². The minimum absolute atomic E-state index is 0.0831. The van der Waals surface area contributed by atoms with Crippen LogP contribution in [-0.4, -0.2) is 103 Å². The van der Waals surface area contributed by atoms with Gasteiger partial charge >= 0.3 is 0 Å². The highest BCUT2D eigenvalue weighted by Crippen LogP contribution is 2.41. The zero-order chi connectivity index (χ0) is 26.9. The molecule has 0 radical (unpaired) electrons. The average Bonchev–Trinajstić information content (AvgIpc) is 3.48. The second-order valence-corrected chi connectivity index (χ2v) is 12.4. The van der Waals surface area contributed by atoms with Gasteiger partial charge in [0, 0.05) is 19.3 Å². The number of aliphatic hydroxyl groups excluding tert-OH is 2. The molecular weight excluding hydrogens is 496 g/mol. The van der Waals surface area contributed by atoms with Crippen molar-refractivity contribution in [2.75, 3.05) is 50.9 Å². The summed E-state index contributed by atoms with van der Waals surface area (Å²) in [4.78, 5) is 4.45. The number of nitrogens with two attached hydrogens (primary N) is 1. The van der Waals surface area contributed by atoms with Crippen LogP contribution in [0.3, 0.4) is 0 Å². The minimum Gasteiger partial charge on any atom is -0.394 e. The largest absolute Gasteiger partial charge is 0.394 e. The van der Waals surface area contributed by atoms with Crippen molar-refractivity contribution >= 4 is 11.4 Å². The van der Waals surface area contributed by atoms with E-state index in [0.29, 0.717) is 38.8 Å². The van der Waals surface area contributed by atoms with Crippen LogP contribution in [-0.2, 0) is 4.74 Å². The van der Waals surface area contributed by atoms with Crippen LogP contribution in [0.2, 0.25) is 0 Å². The second kappa shape index (κ2) is 12.1. The molecule has 0 bridgehead atoms. The lowest BCUT2D eigenvalue weighted by Crippen LogP contribution is -2.67. The predicted molar refractivity (Wildman–Crippen MR) is 152 cm³/mol. The number of fused-ring (bicyclic) bond motifs is 2. The van der Waals surface area contributed by atoms with Crippen LogP contribution in [0.15, 0.2) is 18.2 Å². The lowest BCUT2D eigenvalue weighted by molar-refractivity contribution is -0.111. The topological polar surface area (TPSA) is 142 Å². The van der Waals surface area contributed by atoms with Crippen LogP contribution in [0.1, 0.15) is 56.4 Å². The second-order valence-electron chi connectivity index (χ2n) is 12.4. The Bertz CT molecular complexity index is 961. The summed E-state index contributed by atoms with van der Waals surface area (Å²) < 4.78 is 6.18. The number of hydrogen-bond acceptors (Lipinski definition) is 11. The number of nitrogens with one attached hydrogen (secondary N) is 5. The summed E-state index contributed by atoms with van der Waals surface area (Å²) in [6.45, 7) is 1.96. The van der Waals surface area contributed by atoms with Crippen LogP contribution in [0.25, 0.3) is 0 Å². The first-order chi connectivity index (χ1) is 19.0. The number of nitrogens with zero attached hydrogens (tertiary/aromatic N) is 2. The molecule has 2 aliphatic carbocycles. The highest BCUT2D eigenvalue weighted by atomic mass is 16.5. The van der Waals surface area contributed by atoms with E-state index in [1.54, 1.807) is 0 Å². The minimum atomic E-state index is -0.913. The fraction of sp³-hybridized carbons (Fsp3) is 0.786. The number of anilines is 2. The van der Waals surface area contributed by atoms with Crippen molar-refractivity contribution in [3.05, 3.63) is 23.8 Å². The van der Waals surface area contributed by atoms with Gasteiger partial charge < -0.3 is 36.2 Å². The molecule has 5 aliphatic rings. The summed E-state index contributed by atoms with van der Waals surface area (Å²) in [6.07, 6.45) is 7.60. The lowest BCUT2D eigenvalue weighted by atomic mass is 9.76. The van der Waals surface area contributed by atoms with Gasteiger partial charge in [-0.25, -0.2) is 0 Å². The molecule has 0 spiro atoms. The van der Waals surface area contributed by atoms with E-state index in [0.717, 1.165) is 18.3 Å². The van der Waals surface area contributed by atoms with Gasteiger partial charge in [-0.3, -0.25) is 20.9 Å². The number of likely N-dealkylation sites (N-methyl/N-ethyl adjacent to an activating group) is 1. The summed E-state index contributed by atoms with van der Waals surface area (Å²) in [7, 11) is 2.11. The number of benzene rings is 1. The summed E-state index contributed by atoms with van der Waals surface area (Å²) in [5.41, 5.74) is 10.2. The third kappa shape index (κ3) is 6.07. The molecule has 2 saturated heterocycles. The number of ether oxygens (including phenoxy) is 1. The fourth-order valence-corrected chi connectivity index (χ4v) is 6.86. The van der Waals surface area contributed by atoms with Crippen molar-refractivity contribution in [1.29, 1.82) is 0 Å². The summed E-state index contributed by atoms with van der Waals surface area (Å²) in [6, 6.07) is 7.50. The third-order valence-corrected chi connectivity index (χ3v) is 9.82. The molecule has 0 aromatic heterocycles. The molecule has 3 aliphatic heterocycles. The monoisotopic (exact) mass is 544 g/mol. The summed E-state index contributed by atoms with van der Waals surface area (Å²) in [5.74, 6) is 1.48. The highest BCUT2D eigenvalue weighted by molar-refractivity contribution is 5.75. The Morgan fingerprint density at radius 1 is 1.13 bits per heavy atom. The first-order valence-corrected chi connectivity index (χ1v) is 15.0. The van der Waals surface area contributed by atoms with Gasteiger partial charge in [0.15, 0.2) is 0 Å². The summed E-state index contributed by atoms with van der Waals surface area (Å²) in [5, 5.41) is 37.6. The van der Waals surface area contributed by atoms with E-state index >= 15 is 0 Å². The molecule has 3 heterocycles. The van der Waals surface area contributed by atoms with E-state index in [9.17, 15) is 10.2 Å². The lowest BCUT2D eigenvalue weighted by Gasteiger charge is -2.43. The SMILES string of the molecule is CN(CC(OCN1CNC2C(N)NCNC21)C(O)CO)C1CC(CCC2Nc3ccc(C4CCC4)cc3N2)C1. The first kappa shape index (κ1) is 27.6. The van der Waals surface area contributed by atoms with Crippen LogP contribution in [0.4, 0.5) is 11.4 Å². The van der Waals surface area contributed by atoms with Crippen molar-refractivity contribution < 1.29 is 14.9 Å². The van der Waals surface area contributed by atoms with E-state index in [1.807, 2.05) is 0 Å². The van der Waals surface area contributed by atoms with Crippen molar-refractivity contribution in [2.24, 2.45) is 11.7 Å². The Morgan fingerprint density at radius 2 is 1.95 bits per heavy atom. The molecule has 1 aromatic rings. The molecule has 11 heteroatoms. The molecule has 1 aromatic carbocycles. The van der Waals surface area contributed by atoms with Gasteiger partial charge in [0.1, 0.15) is 18.9 Å². The van der Waals surface area contributed by atoms with E-state index in [-0.39, 0.29) is 25.0 Å². The van der Waals surface area contributed by atoms with Crippen LogP contribution in [0, 0.1) is 5.92 Å². The molecule has 218 valence electrons. The molecular formula is C28H48N8O3. The Kier molecular flexibility index (Phi) is 8.60. The quantitative estimate of drug-likeness (QED) is 0.184. The van der Waals surface area contributed by atoms with Gasteiger partial charge in [-0.15, -0.1) is 0 Å². The average molecular weight is 545 g/mol. The smallest absolute Gasteiger partial charge is 0.104 e. The van der Waals surface area contributed by atoms with Gasteiger partial charge in [0.05, 0.1) is 49.2 Å². The van der Waals surface area contributed by atoms with Crippen molar-refractivity contribution in [1.82, 2.24) is 25.8 Å². The van der Waals surface area contributed by atoms with Crippen molar-refractivity contribution in [3.63, 3.8) is 0 Å². The van der Waals surface area contributed by atoms with Crippen LogP contribution in [0.5, 0.6) is 0 Å². The highest BCUT2D eigenvalue weighted by Gasteiger charge is 2.40. The predicted octanol–water partition coefficient (Wildman–Crippen LogP) is 0.297. The zero-order valence-electron chi connectivity index (χ0n) is 23.2. The molecule has 6 rings (SSSR count). The van der Waals surface area contributed by atoms with Gasteiger partial charge in [0.2, 0.25) is 0 Å². The Labute approximate surface area is 232 Å². The maximum absolute atomic E-state index is 10.5. The number of hydrogen-bond donors (Lipinski definition) is 8. The van der Waals surface area contributed by atoms with Gasteiger partial charge in [-0.1, -0.05) is 12.5 Å². The molecule has 4 fully saturated rings. The molecule has 9 N–H and O–H groups in total. The number of aliphatic hydroxyl groups is 2. The Balaban J connectivity index is 0.917. The Hall–Kier alpha value is -1.54. The summed E-state index contributed by atoms with van der Waals surface area (Å²) >= 11 is 0. The molecule has 6 atom stereocenters. The maximum Gasteiger partial charge on any atom is 0.104 e. The van der Waals surface area contributed by atoms with E-state index in [1.165, 1.54) is 55.5 Å². The maximum atomic E-state index is 10.5. The van der Waals surface area contributed by atoms with E-state index in [2.05, 4.69) is 61.6 Å². The normalized spacial score (nSPS) is 34.0. The molecule has 2 saturated carbocycles. The molecule has 0 amide bonds. The fourth-order valence-electron chi connectivity index (χ4n) is 6.86. The van der Waals surface area contributed by atoms with E-state index < -0.39 is 12.2 Å². The van der Waals surface area contributed by atoms with Crippen LogP contribution >= 0.6 is 0 Å². The van der Waals surface area contributed by atoms with Gasteiger partial charge in [-0.2, -0.15) is 0 Å². The van der Waals surface area contributed by atoms with Gasteiger partial charge in [0.25, 0.3) is 0 Å². The Morgan fingerprint density at radius 3 is 2.72 bits per heavy atom. The standard InChI is InChI=1S/C28H48N8O3/c1-35(12-24(23(38)13-37)39-16-36-15-32-26-27(29)30-14-31-28(26)36)20-9-17(10-20)5-8-25-33-21-7-6-19(11-22(21)34-25)18-3-2-4-18/h6-7,11,17-18,20,23-28,30-34,37-38H,2-5,8-10,12-16,29H2,1H3. The third-order valence-electron chi connectivity index (χ3n) is 9.82. The van der Waals surface area contributed by atoms with E-state index in [4.69, 9.17) is 10.5 Å².